The Morgan fingerprint density at radius 2 is 2.06 bits per heavy atom. The standard InChI is InChI=1S/C15H24BrNO/c1-12(2)11-17-8-4-5-9-18-14-6-7-15(16)13(3)10-14/h6-7,10,12,17H,4-5,8-9,11H2,1-3H3. The molecule has 18 heavy (non-hydrogen) atoms. The average molecular weight is 314 g/mol. The molecule has 0 unspecified atom stereocenters. The van der Waals surface area contributed by atoms with E-state index in [4.69, 9.17) is 4.74 Å². The second-order valence-electron chi connectivity index (χ2n) is 5.06. The van der Waals surface area contributed by atoms with Gasteiger partial charge in [0, 0.05) is 4.47 Å². The molecule has 3 heteroatoms. The highest BCUT2D eigenvalue weighted by Gasteiger charge is 1.98. The van der Waals surface area contributed by atoms with E-state index in [-0.39, 0.29) is 0 Å². The Labute approximate surface area is 119 Å². The topological polar surface area (TPSA) is 21.3 Å². The van der Waals surface area contributed by atoms with Gasteiger partial charge in [-0.2, -0.15) is 0 Å². The molecule has 1 N–H and O–H groups in total. The highest BCUT2D eigenvalue weighted by atomic mass is 79.9. The van der Waals surface area contributed by atoms with E-state index in [1.54, 1.807) is 0 Å². The maximum Gasteiger partial charge on any atom is 0.119 e. The molecular weight excluding hydrogens is 290 g/mol. The van der Waals surface area contributed by atoms with E-state index in [1.807, 2.05) is 12.1 Å². The summed E-state index contributed by atoms with van der Waals surface area (Å²) >= 11 is 3.49. The molecule has 0 aliphatic rings. The van der Waals surface area contributed by atoms with Gasteiger partial charge in [-0.15, -0.1) is 0 Å². The summed E-state index contributed by atoms with van der Waals surface area (Å²) in [5, 5.41) is 3.44. The lowest BCUT2D eigenvalue weighted by molar-refractivity contribution is 0.305. The van der Waals surface area contributed by atoms with Crippen LogP contribution >= 0.6 is 15.9 Å². The van der Waals surface area contributed by atoms with Gasteiger partial charge in [0.1, 0.15) is 5.75 Å². The van der Waals surface area contributed by atoms with Gasteiger partial charge in [0.2, 0.25) is 0 Å². The smallest absolute Gasteiger partial charge is 0.119 e. The van der Waals surface area contributed by atoms with Crippen molar-refractivity contribution in [3.63, 3.8) is 0 Å². The number of nitrogens with one attached hydrogen (secondary N) is 1. The Balaban J connectivity index is 2.09. The number of unbranched alkanes of at least 4 members (excludes halogenated alkanes) is 1. The van der Waals surface area contributed by atoms with Gasteiger partial charge in [0.05, 0.1) is 6.61 Å². The average Bonchev–Trinajstić information content (AvgIpc) is 2.32. The highest BCUT2D eigenvalue weighted by molar-refractivity contribution is 9.10. The maximum absolute atomic E-state index is 5.72. The van der Waals surface area contributed by atoms with Gasteiger partial charge in [0.15, 0.2) is 0 Å². The third kappa shape index (κ3) is 6.41. The fraction of sp³-hybridized carbons (Fsp3) is 0.600. The quantitative estimate of drug-likeness (QED) is 0.727. The number of rotatable bonds is 8. The fourth-order valence-corrected chi connectivity index (χ4v) is 1.89. The van der Waals surface area contributed by atoms with Crippen LogP contribution in [0.25, 0.3) is 0 Å². The van der Waals surface area contributed by atoms with Crippen molar-refractivity contribution in [2.45, 2.75) is 33.6 Å². The van der Waals surface area contributed by atoms with Crippen LogP contribution in [0, 0.1) is 12.8 Å². The van der Waals surface area contributed by atoms with E-state index < -0.39 is 0 Å². The van der Waals surface area contributed by atoms with Gasteiger partial charge in [-0.1, -0.05) is 29.8 Å². The third-order valence-electron chi connectivity index (χ3n) is 2.70. The molecule has 1 aromatic carbocycles. The molecular formula is C15H24BrNO. The molecule has 0 radical (unpaired) electrons. The highest BCUT2D eigenvalue weighted by Crippen LogP contribution is 2.21. The Bertz CT molecular complexity index is 352. The van der Waals surface area contributed by atoms with Crippen LogP contribution in [-0.2, 0) is 0 Å². The van der Waals surface area contributed by atoms with Gasteiger partial charge >= 0.3 is 0 Å². The van der Waals surface area contributed by atoms with Gasteiger partial charge < -0.3 is 10.1 Å². The summed E-state index contributed by atoms with van der Waals surface area (Å²) in [6.45, 7) is 9.52. The van der Waals surface area contributed by atoms with Crippen molar-refractivity contribution in [3.8, 4) is 5.75 Å². The van der Waals surface area contributed by atoms with Crippen LogP contribution in [0.2, 0.25) is 0 Å². The summed E-state index contributed by atoms with van der Waals surface area (Å²) in [7, 11) is 0. The summed E-state index contributed by atoms with van der Waals surface area (Å²) in [6.07, 6.45) is 2.27. The summed E-state index contributed by atoms with van der Waals surface area (Å²) < 4.78 is 6.85. The van der Waals surface area contributed by atoms with Crippen LogP contribution in [0.5, 0.6) is 5.75 Å². The molecule has 0 heterocycles. The van der Waals surface area contributed by atoms with Crippen molar-refractivity contribution in [1.29, 1.82) is 0 Å². The molecule has 1 rings (SSSR count). The summed E-state index contributed by atoms with van der Waals surface area (Å²) in [6, 6.07) is 6.12. The van der Waals surface area contributed by atoms with E-state index in [2.05, 4.69) is 48.1 Å². The predicted molar refractivity (Wildman–Crippen MR) is 81.3 cm³/mol. The number of ether oxygens (including phenoxy) is 1. The Morgan fingerprint density at radius 1 is 1.28 bits per heavy atom. The van der Waals surface area contributed by atoms with Crippen LogP contribution in [0.15, 0.2) is 22.7 Å². The Morgan fingerprint density at radius 3 is 2.72 bits per heavy atom. The largest absolute Gasteiger partial charge is 0.494 e. The second-order valence-corrected chi connectivity index (χ2v) is 5.92. The molecule has 0 amide bonds. The van der Waals surface area contributed by atoms with Crippen LogP contribution in [0.3, 0.4) is 0 Å². The first kappa shape index (κ1) is 15.5. The first-order valence-electron chi connectivity index (χ1n) is 6.69. The van der Waals surface area contributed by atoms with E-state index in [9.17, 15) is 0 Å². The van der Waals surface area contributed by atoms with E-state index in [0.717, 1.165) is 42.3 Å². The maximum atomic E-state index is 5.72. The zero-order valence-electron chi connectivity index (χ0n) is 11.6. The van der Waals surface area contributed by atoms with Crippen molar-refractivity contribution >= 4 is 15.9 Å². The monoisotopic (exact) mass is 313 g/mol. The summed E-state index contributed by atoms with van der Waals surface area (Å²) in [4.78, 5) is 0. The minimum Gasteiger partial charge on any atom is -0.494 e. The fourth-order valence-electron chi connectivity index (χ4n) is 1.64. The number of benzene rings is 1. The SMILES string of the molecule is Cc1cc(OCCCCNCC(C)C)ccc1Br. The molecule has 1 aromatic rings. The number of aryl methyl sites for hydroxylation is 1. The minimum atomic E-state index is 0.729. The lowest BCUT2D eigenvalue weighted by Crippen LogP contribution is -2.21. The van der Waals surface area contributed by atoms with Crippen LogP contribution in [0.4, 0.5) is 0 Å². The van der Waals surface area contributed by atoms with Gasteiger partial charge in [-0.3, -0.25) is 0 Å². The Kier molecular flexibility index (Phi) is 7.36. The van der Waals surface area contributed by atoms with Crippen LogP contribution in [-0.4, -0.2) is 19.7 Å². The van der Waals surface area contributed by atoms with Crippen LogP contribution in [0.1, 0.15) is 32.3 Å². The first-order chi connectivity index (χ1) is 8.59. The molecule has 0 bridgehead atoms. The molecule has 0 saturated carbocycles. The van der Waals surface area contributed by atoms with Crippen molar-refractivity contribution in [1.82, 2.24) is 5.32 Å². The van der Waals surface area contributed by atoms with Gasteiger partial charge in [-0.05, 0) is 62.5 Å². The Hall–Kier alpha value is -0.540. The lowest BCUT2D eigenvalue weighted by Gasteiger charge is -2.09. The van der Waals surface area contributed by atoms with Crippen molar-refractivity contribution in [2.75, 3.05) is 19.7 Å². The summed E-state index contributed by atoms with van der Waals surface area (Å²) in [5.41, 5.74) is 1.21. The van der Waals surface area contributed by atoms with Crippen molar-refractivity contribution < 1.29 is 4.74 Å². The molecule has 0 aliphatic carbocycles. The molecule has 0 aliphatic heterocycles. The van der Waals surface area contributed by atoms with E-state index in [1.165, 1.54) is 12.0 Å². The molecule has 0 saturated heterocycles. The molecule has 0 spiro atoms. The molecule has 0 atom stereocenters. The molecule has 0 aromatic heterocycles. The van der Waals surface area contributed by atoms with Crippen LogP contribution < -0.4 is 10.1 Å². The van der Waals surface area contributed by atoms with E-state index in [0.29, 0.717) is 0 Å². The molecule has 2 nitrogen and oxygen atoms in total. The predicted octanol–water partition coefficient (Wildman–Crippen LogP) is 4.16. The zero-order chi connectivity index (χ0) is 13.4. The lowest BCUT2D eigenvalue weighted by atomic mass is 10.2. The molecule has 0 fully saturated rings. The van der Waals surface area contributed by atoms with Crippen molar-refractivity contribution in [2.24, 2.45) is 5.92 Å². The number of hydrogen-bond acceptors (Lipinski definition) is 2. The minimum absolute atomic E-state index is 0.729. The van der Waals surface area contributed by atoms with E-state index >= 15 is 0 Å². The number of halogens is 1. The number of hydrogen-bond donors (Lipinski definition) is 1. The van der Waals surface area contributed by atoms with Gasteiger partial charge in [-0.25, -0.2) is 0 Å². The third-order valence-corrected chi connectivity index (χ3v) is 3.59. The zero-order valence-corrected chi connectivity index (χ0v) is 13.2. The normalized spacial score (nSPS) is 10.9. The summed E-state index contributed by atoms with van der Waals surface area (Å²) in [5.74, 6) is 1.69. The second kappa shape index (κ2) is 8.54. The van der Waals surface area contributed by atoms with Gasteiger partial charge in [0.25, 0.3) is 0 Å². The first-order valence-corrected chi connectivity index (χ1v) is 7.48. The molecule has 102 valence electrons. The van der Waals surface area contributed by atoms with Crippen molar-refractivity contribution in [3.05, 3.63) is 28.2 Å².